The molecule has 0 rings (SSSR count). The minimum atomic E-state index is -0.633. The van der Waals surface area contributed by atoms with Crippen molar-refractivity contribution < 1.29 is 9.53 Å². The molecule has 4 heteroatoms. The quantitative estimate of drug-likeness (QED) is 0.459. The Bertz CT molecular complexity index is 197. The summed E-state index contributed by atoms with van der Waals surface area (Å²) in [7, 11) is 0. The zero-order valence-electron chi connectivity index (χ0n) is 6.68. The Labute approximate surface area is 65.5 Å². The summed E-state index contributed by atoms with van der Waals surface area (Å²) in [5, 5.41) is 7.18. The highest BCUT2D eigenvalue weighted by atomic mass is 16.5. The highest BCUT2D eigenvalue weighted by molar-refractivity contribution is 6.41. The van der Waals surface area contributed by atoms with Gasteiger partial charge in [0.15, 0.2) is 0 Å². The van der Waals surface area contributed by atoms with Gasteiger partial charge in [-0.05, 0) is 25.6 Å². The lowest BCUT2D eigenvalue weighted by Crippen LogP contribution is -2.18. The van der Waals surface area contributed by atoms with Crippen LogP contribution in [-0.4, -0.2) is 18.3 Å². The van der Waals surface area contributed by atoms with Gasteiger partial charge in [0.2, 0.25) is 0 Å². The molecule has 0 radical (unpaired) electrons. The lowest BCUT2D eigenvalue weighted by atomic mass is 10.2. The van der Waals surface area contributed by atoms with Crippen LogP contribution in [0.4, 0.5) is 0 Å². The van der Waals surface area contributed by atoms with Crippen molar-refractivity contribution in [2.45, 2.75) is 13.8 Å². The molecule has 62 valence electrons. The standard InChI is InChI=1S/C7H12N2O2/c1-3-11-7(10)6(9)5(2)4-8/h4,9H,3,8H2,1-2H3/b5-4-,9-6?. The van der Waals surface area contributed by atoms with Crippen LogP contribution >= 0.6 is 0 Å². The van der Waals surface area contributed by atoms with Crippen molar-refractivity contribution in [1.29, 1.82) is 5.41 Å². The molecule has 4 nitrogen and oxygen atoms in total. The van der Waals surface area contributed by atoms with Crippen molar-refractivity contribution in [3.05, 3.63) is 11.8 Å². The molecule has 0 bridgehead atoms. The molecule has 0 aliphatic rings. The average molecular weight is 156 g/mol. The Morgan fingerprint density at radius 2 is 2.27 bits per heavy atom. The maximum absolute atomic E-state index is 10.8. The van der Waals surface area contributed by atoms with Gasteiger partial charge in [0, 0.05) is 0 Å². The van der Waals surface area contributed by atoms with Crippen LogP contribution in [0.15, 0.2) is 11.8 Å². The van der Waals surface area contributed by atoms with Gasteiger partial charge in [-0.2, -0.15) is 0 Å². The molecule has 0 aliphatic heterocycles. The third-order valence-electron chi connectivity index (χ3n) is 1.12. The van der Waals surface area contributed by atoms with Gasteiger partial charge in [0.05, 0.1) is 6.61 Å². The molecule has 0 unspecified atom stereocenters. The van der Waals surface area contributed by atoms with Crippen LogP contribution in [0, 0.1) is 5.41 Å². The molecule has 11 heavy (non-hydrogen) atoms. The van der Waals surface area contributed by atoms with E-state index in [4.69, 9.17) is 11.1 Å². The molecular formula is C7H12N2O2. The third kappa shape index (κ3) is 2.84. The van der Waals surface area contributed by atoms with Crippen LogP contribution in [0.25, 0.3) is 0 Å². The first-order valence-electron chi connectivity index (χ1n) is 3.28. The predicted molar refractivity (Wildman–Crippen MR) is 42.3 cm³/mol. The highest BCUT2D eigenvalue weighted by Crippen LogP contribution is 1.94. The summed E-state index contributed by atoms with van der Waals surface area (Å²) in [6, 6.07) is 0. The summed E-state index contributed by atoms with van der Waals surface area (Å²) in [6.45, 7) is 3.55. The van der Waals surface area contributed by atoms with E-state index in [1.807, 2.05) is 0 Å². The molecule has 0 fully saturated rings. The van der Waals surface area contributed by atoms with E-state index in [0.717, 1.165) is 0 Å². The normalized spacial score (nSPS) is 10.9. The minimum Gasteiger partial charge on any atom is -0.461 e. The fourth-order valence-corrected chi connectivity index (χ4v) is 0.448. The predicted octanol–water partition coefficient (Wildman–Crippen LogP) is 0.432. The van der Waals surface area contributed by atoms with E-state index < -0.39 is 5.97 Å². The average Bonchev–Trinajstić information content (AvgIpc) is 2.02. The van der Waals surface area contributed by atoms with E-state index in [1.165, 1.54) is 6.20 Å². The van der Waals surface area contributed by atoms with Crippen LogP contribution in [0.1, 0.15) is 13.8 Å². The summed E-state index contributed by atoms with van der Waals surface area (Å²) < 4.78 is 4.57. The number of rotatable bonds is 3. The first kappa shape index (κ1) is 9.68. The Morgan fingerprint density at radius 3 is 2.64 bits per heavy atom. The topological polar surface area (TPSA) is 76.2 Å². The molecule has 0 aliphatic carbocycles. The number of ether oxygens (including phenoxy) is 1. The number of nitrogens with two attached hydrogens (primary N) is 1. The second-order valence-electron chi connectivity index (χ2n) is 1.95. The van der Waals surface area contributed by atoms with E-state index in [1.54, 1.807) is 13.8 Å². The van der Waals surface area contributed by atoms with Crippen LogP contribution in [-0.2, 0) is 9.53 Å². The lowest BCUT2D eigenvalue weighted by Gasteiger charge is -2.01. The summed E-state index contributed by atoms with van der Waals surface area (Å²) >= 11 is 0. The van der Waals surface area contributed by atoms with E-state index in [2.05, 4.69) is 4.74 Å². The fraction of sp³-hybridized carbons (Fsp3) is 0.429. The van der Waals surface area contributed by atoms with Crippen LogP contribution in [0.5, 0.6) is 0 Å². The van der Waals surface area contributed by atoms with Crippen molar-refractivity contribution >= 4 is 11.7 Å². The van der Waals surface area contributed by atoms with Gasteiger partial charge in [-0.1, -0.05) is 0 Å². The molecule has 0 amide bonds. The summed E-state index contributed by atoms with van der Waals surface area (Å²) in [4.78, 5) is 10.8. The van der Waals surface area contributed by atoms with Gasteiger partial charge in [0.1, 0.15) is 5.71 Å². The number of hydrogen-bond donors (Lipinski definition) is 2. The summed E-state index contributed by atoms with van der Waals surface area (Å²) in [5.41, 5.74) is 5.33. The number of esters is 1. The van der Waals surface area contributed by atoms with Crippen molar-refractivity contribution in [2.75, 3.05) is 6.61 Å². The second-order valence-corrected chi connectivity index (χ2v) is 1.95. The number of hydrogen-bond acceptors (Lipinski definition) is 4. The smallest absolute Gasteiger partial charge is 0.356 e. The first-order chi connectivity index (χ1) is 5.13. The molecule has 0 saturated carbocycles. The van der Waals surface area contributed by atoms with Gasteiger partial charge < -0.3 is 10.5 Å². The molecular weight excluding hydrogens is 144 g/mol. The fourth-order valence-electron chi connectivity index (χ4n) is 0.448. The van der Waals surface area contributed by atoms with Crippen LogP contribution in [0.2, 0.25) is 0 Å². The van der Waals surface area contributed by atoms with Gasteiger partial charge in [-0.25, -0.2) is 4.79 Å². The second kappa shape index (κ2) is 4.49. The highest BCUT2D eigenvalue weighted by Gasteiger charge is 2.10. The monoisotopic (exact) mass is 156 g/mol. The summed E-state index contributed by atoms with van der Waals surface area (Å²) in [5.74, 6) is -0.633. The van der Waals surface area contributed by atoms with E-state index >= 15 is 0 Å². The zero-order valence-corrected chi connectivity index (χ0v) is 6.68. The van der Waals surface area contributed by atoms with Gasteiger partial charge in [-0.3, -0.25) is 5.41 Å². The molecule has 0 aromatic heterocycles. The minimum absolute atomic E-state index is 0.186. The molecule has 0 atom stereocenters. The maximum Gasteiger partial charge on any atom is 0.356 e. The molecule has 0 aromatic carbocycles. The SMILES string of the molecule is CCOC(=O)C(=N)/C(C)=C\N. The van der Waals surface area contributed by atoms with Crippen LogP contribution in [0.3, 0.4) is 0 Å². The number of carbonyl (C=O) groups excluding carboxylic acids is 1. The van der Waals surface area contributed by atoms with Crippen molar-refractivity contribution in [2.24, 2.45) is 5.73 Å². The van der Waals surface area contributed by atoms with Crippen molar-refractivity contribution in [3.8, 4) is 0 Å². The maximum atomic E-state index is 10.8. The van der Waals surface area contributed by atoms with E-state index in [0.29, 0.717) is 5.57 Å². The van der Waals surface area contributed by atoms with Gasteiger partial charge >= 0.3 is 5.97 Å². The molecule has 3 N–H and O–H groups in total. The largest absolute Gasteiger partial charge is 0.461 e. The first-order valence-corrected chi connectivity index (χ1v) is 3.28. The third-order valence-corrected chi connectivity index (χ3v) is 1.12. The van der Waals surface area contributed by atoms with Crippen molar-refractivity contribution in [3.63, 3.8) is 0 Å². The molecule has 0 saturated heterocycles. The molecule has 0 aromatic rings. The van der Waals surface area contributed by atoms with Crippen LogP contribution < -0.4 is 5.73 Å². The number of nitrogens with one attached hydrogen (secondary N) is 1. The Balaban J connectivity index is 4.15. The Hall–Kier alpha value is -1.32. The van der Waals surface area contributed by atoms with Gasteiger partial charge in [0.25, 0.3) is 0 Å². The van der Waals surface area contributed by atoms with E-state index in [-0.39, 0.29) is 12.3 Å². The van der Waals surface area contributed by atoms with E-state index in [9.17, 15) is 4.79 Å². The van der Waals surface area contributed by atoms with Gasteiger partial charge in [-0.15, -0.1) is 0 Å². The molecule has 0 heterocycles. The summed E-state index contributed by atoms with van der Waals surface area (Å²) in [6.07, 6.45) is 1.21. The number of carbonyl (C=O) groups is 1. The van der Waals surface area contributed by atoms with Crippen molar-refractivity contribution in [1.82, 2.24) is 0 Å². The Kier molecular flexibility index (Phi) is 3.95. The Morgan fingerprint density at radius 1 is 1.73 bits per heavy atom. The molecule has 0 spiro atoms. The lowest BCUT2D eigenvalue weighted by molar-refractivity contribution is -0.135. The zero-order chi connectivity index (χ0) is 8.85.